The second-order valence-corrected chi connectivity index (χ2v) is 2.26. The van der Waals surface area contributed by atoms with Gasteiger partial charge in [-0.25, -0.2) is 0 Å². The maximum atomic E-state index is 5.66. The predicted octanol–water partition coefficient (Wildman–Crippen LogP) is 0.843. The van der Waals surface area contributed by atoms with Gasteiger partial charge < -0.3 is 16.0 Å². The summed E-state index contributed by atoms with van der Waals surface area (Å²) in [4.78, 5) is 0. The van der Waals surface area contributed by atoms with Crippen molar-refractivity contribution in [1.29, 1.82) is 0 Å². The Hall–Kier alpha value is -0.830. The molecule has 4 heteroatoms. The van der Waals surface area contributed by atoms with Crippen molar-refractivity contribution in [3.63, 3.8) is 0 Å². The Labute approximate surface area is 58.2 Å². The molecule has 0 aliphatic rings. The van der Waals surface area contributed by atoms with E-state index in [0.717, 1.165) is 0 Å². The van der Waals surface area contributed by atoms with Crippen LogP contribution in [0.1, 0.15) is 0 Å². The lowest BCUT2D eigenvalue weighted by Gasteiger charge is -1.90. The molecule has 0 radical (unpaired) electrons. The Morgan fingerprint density at radius 1 is 1.56 bits per heavy atom. The van der Waals surface area contributed by atoms with Crippen molar-refractivity contribution in [1.82, 2.24) is 4.57 Å². The number of aromatic nitrogens is 1. The van der Waals surface area contributed by atoms with Crippen molar-refractivity contribution >= 4 is 23.0 Å². The minimum Gasteiger partial charge on any atom is -0.396 e. The molecule has 0 saturated heterocycles. The Kier molecular flexibility index (Phi) is 1.29. The number of aryl methyl sites for hydroxylation is 1. The van der Waals surface area contributed by atoms with Crippen LogP contribution in [0.25, 0.3) is 0 Å². The van der Waals surface area contributed by atoms with Crippen molar-refractivity contribution in [2.45, 2.75) is 0 Å². The first-order valence-corrected chi connectivity index (χ1v) is 2.86. The second kappa shape index (κ2) is 1.84. The van der Waals surface area contributed by atoms with Gasteiger partial charge in [-0.2, -0.15) is 0 Å². The SMILES string of the molecule is Cn1cc(N)c(N)c1Cl. The molecule has 0 aliphatic heterocycles. The van der Waals surface area contributed by atoms with Crippen LogP contribution in [0.4, 0.5) is 11.4 Å². The third-order valence-corrected chi connectivity index (χ3v) is 1.65. The Morgan fingerprint density at radius 2 is 2.11 bits per heavy atom. The lowest BCUT2D eigenvalue weighted by atomic mass is 10.5. The normalized spacial score (nSPS) is 10.0. The molecule has 0 spiro atoms. The van der Waals surface area contributed by atoms with E-state index in [4.69, 9.17) is 23.1 Å². The summed E-state index contributed by atoms with van der Waals surface area (Å²) in [5.74, 6) is 0. The number of nitrogens with two attached hydrogens (primary N) is 2. The summed E-state index contributed by atoms with van der Waals surface area (Å²) in [6.07, 6.45) is 1.68. The first kappa shape index (κ1) is 6.29. The highest BCUT2D eigenvalue weighted by Crippen LogP contribution is 2.25. The minimum absolute atomic E-state index is 0.458. The van der Waals surface area contributed by atoms with E-state index in [1.165, 1.54) is 0 Å². The van der Waals surface area contributed by atoms with E-state index in [1.54, 1.807) is 17.8 Å². The number of hydrogen-bond acceptors (Lipinski definition) is 2. The molecule has 4 N–H and O–H groups in total. The number of anilines is 2. The fraction of sp³-hybridized carbons (Fsp3) is 0.200. The monoisotopic (exact) mass is 145 g/mol. The lowest BCUT2D eigenvalue weighted by molar-refractivity contribution is 0.930. The Morgan fingerprint density at radius 3 is 2.22 bits per heavy atom. The minimum atomic E-state index is 0.458. The summed E-state index contributed by atoms with van der Waals surface area (Å²) in [5.41, 5.74) is 11.8. The van der Waals surface area contributed by atoms with E-state index in [0.29, 0.717) is 16.5 Å². The molecule has 0 atom stereocenters. The van der Waals surface area contributed by atoms with Gasteiger partial charge in [0.2, 0.25) is 0 Å². The third-order valence-electron chi connectivity index (χ3n) is 1.18. The summed E-state index contributed by atoms with van der Waals surface area (Å²) in [5, 5.41) is 0.493. The van der Waals surface area contributed by atoms with Crippen molar-refractivity contribution in [3.05, 3.63) is 11.3 Å². The smallest absolute Gasteiger partial charge is 0.134 e. The average Bonchev–Trinajstić information content (AvgIpc) is 1.98. The molecule has 1 heterocycles. The maximum Gasteiger partial charge on any atom is 0.134 e. The van der Waals surface area contributed by atoms with E-state index in [1.807, 2.05) is 0 Å². The van der Waals surface area contributed by atoms with E-state index in [9.17, 15) is 0 Å². The van der Waals surface area contributed by atoms with Crippen LogP contribution < -0.4 is 11.5 Å². The van der Waals surface area contributed by atoms with Crippen LogP contribution >= 0.6 is 11.6 Å². The van der Waals surface area contributed by atoms with Crippen LogP contribution in [0.5, 0.6) is 0 Å². The molecule has 0 saturated carbocycles. The molecule has 0 fully saturated rings. The zero-order valence-electron chi connectivity index (χ0n) is 5.06. The number of rotatable bonds is 0. The molecule has 1 rings (SSSR count). The summed E-state index contributed by atoms with van der Waals surface area (Å²) < 4.78 is 1.67. The van der Waals surface area contributed by atoms with E-state index in [2.05, 4.69) is 0 Å². The summed E-state index contributed by atoms with van der Waals surface area (Å²) >= 11 is 5.66. The van der Waals surface area contributed by atoms with Gasteiger partial charge in [-0.05, 0) is 0 Å². The molecule has 0 aromatic carbocycles. The predicted molar refractivity (Wildman–Crippen MR) is 39.2 cm³/mol. The largest absolute Gasteiger partial charge is 0.396 e. The number of nitrogen functional groups attached to an aromatic ring is 2. The second-order valence-electron chi connectivity index (χ2n) is 1.90. The van der Waals surface area contributed by atoms with Crippen LogP contribution in [-0.2, 0) is 7.05 Å². The zero-order chi connectivity index (χ0) is 7.02. The van der Waals surface area contributed by atoms with Gasteiger partial charge in [0.1, 0.15) is 5.15 Å². The molecular formula is C5H8ClN3. The van der Waals surface area contributed by atoms with Gasteiger partial charge in [-0.15, -0.1) is 0 Å². The van der Waals surface area contributed by atoms with Gasteiger partial charge >= 0.3 is 0 Å². The van der Waals surface area contributed by atoms with E-state index in [-0.39, 0.29) is 0 Å². The van der Waals surface area contributed by atoms with Gasteiger partial charge in [0.25, 0.3) is 0 Å². The van der Waals surface area contributed by atoms with Gasteiger partial charge in [-0.1, -0.05) is 11.6 Å². The van der Waals surface area contributed by atoms with Gasteiger partial charge in [-0.3, -0.25) is 0 Å². The number of hydrogen-bond donors (Lipinski definition) is 2. The van der Waals surface area contributed by atoms with Crippen molar-refractivity contribution < 1.29 is 0 Å². The third kappa shape index (κ3) is 0.833. The molecule has 0 amide bonds. The maximum absolute atomic E-state index is 5.66. The van der Waals surface area contributed by atoms with Crippen LogP contribution in [0, 0.1) is 0 Å². The van der Waals surface area contributed by atoms with Crippen LogP contribution in [0.3, 0.4) is 0 Å². The van der Waals surface area contributed by atoms with Gasteiger partial charge in [0.15, 0.2) is 0 Å². The molecule has 3 nitrogen and oxygen atoms in total. The Balaban J connectivity index is 3.29. The van der Waals surface area contributed by atoms with Crippen molar-refractivity contribution in [2.75, 3.05) is 11.5 Å². The summed E-state index contributed by atoms with van der Waals surface area (Å²) in [7, 11) is 1.79. The van der Waals surface area contributed by atoms with Crippen LogP contribution in [0.2, 0.25) is 5.15 Å². The first-order valence-electron chi connectivity index (χ1n) is 2.48. The molecular weight excluding hydrogens is 138 g/mol. The fourth-order valence-corrected chi connectivity index (χ4v) is 0.802. The molecule has 9 heavy (non-hydrogen) atoms. The summed E-state index contributed by atoms with van der Waals surface area (Å²) in [6, 6.07) is 0. The lowest BCUT2D eigenvalue weighted by Crippen LogP contribution is -1.89. The van der Waals surface area contributed by atoms with Gasteiger partial charge in [0, 0.05) is 13.2 Å². The average molecular weight is 146 g/mol. The highest BCUT2D eigenvalue weighted by atomic mass is 35.5. The molecule has 0 bridgehead atoms. The zero-order valence-corrected chi connectivity index (χ0v) is 5.81. The van der Waals surface area contributed by atoms with E-state index < -0.39 is 0 Å². The topological polar surface area (TPSA) is 57.0 Å². The molecule has 0 unspecified atom stereocenters. The van der Waals surface area contributed by atoms with Crippen molar-refractivity contribution in [2.24, 2.45) is 7.05 Å². The molecule has 1 aromatic heterocycles. The highest BCUT2D eigenvalue weighted by molar-refractivity contribution is 6.32. The summed E-state index contributed by atoms with van der Waals surface area (Å²) in [6.45, 7) is 0. The highest BCUT2D eigenvalue weighted by Gasteiger charge is 2.03. The quantitative estimate of drug-likeness (QED) is 0.569. The molecule has 1 aromatic rings. The first-order chi connectivity index (χ1) is 4.13. The van der Waals surface area contributed by atoms with Crippen LogP contribution in [0.15, 0.2) is 6.20 Å². The molecule has 50 valence electrons. The molecule has 0 aliphatic carbocycles. The Bertz CT molecular complexity index is 206. The standard InChI is InChI=1S/C5H8ClN3/c1-9-2-3(7)4(8)5(9)6/h2H,7-8H2,1H3. The fourth-order valence-electron chi connectivity index (χ4n) is 0.644. The van der Waals surface area contributed by atoms with Gasteiger partial charge in [0.05, 0.1) is 11.4 Å². The van der Waals surface area contributed by atoms with Crippen LogP contribution in [-0.4, -0.2) is 4.57 Å². The van der Waals surface area contributed by atoms with E-state index >= 15 is 0 Å². The van der Waals surface area contributed by atoms with Crippen molar-refractivity contribution in [3.8, 4) is 0 Å². The number of nitrogens with zero attached hydrogens (tertiary/aromatic N) is 1. The number of halogens is 1.